The highest BCUT2D eigenvalue weighted by Gasteiger charge is 2.40. The number of hydrogen-bond acceptors (Lipinski definition) is 3. The van der Waals surface area contributed by atoms with Crippen LogP contribution in [0, 0.1) is 0 Å². The molecule has 4 heteroatoms. The maximum absolute atomic E-state index is 11.2. The van der Waals surface area contributed by atoms with Crippen LogP contribution in [0.3, 0.4) is 0 Å². The number of halogens is 1. The second-order valence-electron chi connectivity index (χ2n) is 9.23. The molecule has 0 amide bonds. The molecule has 1 N–H and O–H groups in total. The summed E-state index contributed by atoms with van der Waals surface area (Å²) in [5, 5.41) is 11.9. The van der Waals surface area contributed by atoms with Gasteiger partial charge in [-0.1, -0.05) is 78.3 Å². The summed E-state index contributed by atoms with van der Waals surface area (Å²) in [7, 11) is 0. The molecule has 1 atom stereocenters. The van der Waals surface area contributed by atoms with Crippen molar-refractivity contribution in [2.75, 3.05) is 26.2 Å². The van der Waals surface area contributed by atoms with Gasteiger partial charge in [-0.3, -0.25) is 0 Å². The fourth-order valence-corrected chi connectivity index (χ4v) is 5.54. The summed E-state index contributed by atoms with van der Waals surface area (Å²) in [6, 6.07) is 27.2. The zero-order valence-corrected chi connectivity index (χ0v) is 19.1. The molecule has 3 aromatic rings. The summed E-state index contributed by atoms with van der Waals surface area (Å²) in [6.45, 7) is 4.13. The Kier molecular flexibility index (Phi) is 6.09. The lowest BCUT2D eigenvalue weighted by atomic mass is 9.70. The fraction of sp³-hybridized carbons (Fsp3) is 0.357. The molecule has 2 aliphatic rings. The van der Waals surface area contributed by atoms with Crippen molar-refractivity contribution in [3.63, 3.8) is 0 Å². The third kappa shape index (κ3) is 4.11. The van der Waals surface area contributed by atoms with Gasteiger partial charge in [0.1, 0.15) is 0 Å². The third-order valence-corrected chi connectivity index (χ3v) is 7.64. The van der Waals surface area contributed by atoms with Crippen LogP contribution in [0.25, 0.3) is 0 Å². The van der Waals surface area contributed by atoms with Gasteiger partial charge in [-0.05, 0) is 60.2 Å². The molecule has 0 radical (unpaired) electrons. The van der Waals surface area contributed by atoms with Crippen LogP contribution in [-0.4, -0.2) is 36.2 Å². The van der Waals surface area contributed by atoms with Gasteiger partial charge in [-0.25, -0.2) is 0 Å². The molecular formula is C28H30ClNO2. The van der Waals surface area contributed by atoms with Gasteiger partial charge >= 0.3 is 0 Å². The van der Waals surface area contributed by atoms with E-state index < -0.39 is 5.60 Å². The van der Waals surface area contributed by atoms with Crippen molar-refractivity contribution in [1.29, 1.82) is 0 Å². The molecule has 0 spiro atoms. The van der Waals surface area contributed by atoms with Gasteiger partial charge in [-0.15, -0.1) is 0 Å². The molecule has 0 aliphatic carbocycles. The predicted octanol–water partition coefficient (Wildman–Crippen LogP) is 5.53. The van der Waals surface area contributed by atoms with Gasteiger partial charge < -0.3 is 14.7 Å². The average molecular weight is 448 g/mol. The molecule has 2 heterocycles. The molecule has 0 saturated carbocycles. The first-order valence-electron chi connectivity index (χ1n) is 11.5. The number of likely N-dealkylation sites (tertiary alicyclic amines) is 1. The van der Waals surface area contributed by atoms with Crippen LogP contribution in [0.15, 0.2) is 78.9 Å². The van der Waals surface area contributed by atoms with Gasteiger partial charge in [-0.2, -0.15) is 0 Å². The van der Waals surface area contributed by atoms with Crippen molar-refractivity contribution in [3.05, 3.63) is 106 Å². The molecule has 1 fully saturated rings. The molecule has 3 nitrogen and oxygen atoms in total. The summed E-state index contributed by atoms with van der Waals surface area (Å²) >= 11 is 6.03. The Morgan fingerprint density at radius 1 is 0.844 bits per heavy atom. The van der Waals surface area contributed by atoms with Crippen molar-refractivity contribution in [2.45, 2.75) is 36.9 Å². The molecule has 0 aromatic heterocycles. The fourth-order valence-electron chi connectivity index (χ4n) is 5.42. The molecule has 32 heavy (non-hydrogen) atoms. The largest absolute Gasteiger partial charge is 0.385 e. The van der Waals surface area contributed by atoms with Gasteiger partial charge in [0.15, 0.2) is 0 Å². The number of aliphatic hydroxyl groups is 1. The first-order valence-corrected chi connectivity index (χ1v) is 11.9. The van der Waals surface area contributed by atoms with Crippen LogP contribution < -0.4 is 0 Å². The third-order valence-electron chi connectivity index (χ3n) is 7.38. The summed E-state index contributed by atoms with van der Waals surface area (Å²) in [5.41, 5.74) is 4.07. The normalized spacial score (nSPS) is 22.9. The molecule has 1 saturated heterocycles. The lowest BCUT2D eigenvalue weighted by Gasteiger charge is -2.43. The molecule has 3 aromatic carbocycles. The van der Waals surface area contributed by atoms with Crippen LogP contribution in [0.4, 0.5) is 0 Å². The van der Waals surface area contributed by atoms with Crippen LogP contribution in [0.1, 0.15) is 41.5 Å². The van der Waals surface area contributed by atoms with Crippen molar-refractivity contribution in [2.24, 2.45) is 0 Å². The molecule has 5 rings (SSSR count). The zero-order chi connectivity index (χ0) is 22.0. The van der Waals surface area contributed by atoms with Crippen LogP contribution in [-0.2, 0) is 22.4 Å². The summed E-state index contributed by atoms with van der Waals surface area (Å²) in [6.07, 6.45) is 2.47. The first kappa shape index (κ1) is 21.7. The maximum atomic E-state index is 11.2. The number of benzene rings is 3. The van der Waals surface area contributed by atoms with Crippen molar-refractivity contribution in [1.82, 2.24) is 4.90 Å². The van der Waals surface area contributed by atoms with Gasteiger partial charge in [0.25, 0.3) is 0 Å². The van der Waals surface area contributed by atoms with E-state index in [1.165, 1.54) is 16.7 Å². The van der Waals surface area contributed by atoms with Crippen molar-refractivity contribution in [3.8, 4) is 0 Å². The molecule has 0 bridgehead atoms. The van der Waals surface area contributed by atoms with E-state index in [4.69, 9.17) is 16.3 Å². The topological polar surface area (TPSA) is 32.7 Å². The minimum Gasteiger partial charge on any atom is -0.385 e. The van der Waals surface area contributed by atoms with Crippen molar-refractivity contribution >= 4 is 11.6 Å². The number of fused-ring (bicyclic) bond motifs is 1. The summed E-state index contributed by atoms with van der Waals surface area (Å²) in [4.78, 5) is 2.49. The minimum absolute atomic E-state index is 0.139. The molecule has 1 unspecified atom stereocenters. The van der Waals surface area contributed by atoms with E-state index in [1.807, 2.05) is 24.3 Å². The first-order chi connectivity index (χ1) is 15.6. The van der Waals surface area contributed by atoms with E-state index in [-0.39, 0.29) is 5.41 Å². The Hall–Kier alpha value is -2.17. The Morgan fingerprint density at radius 3 is 2.28 bits per heavy atom. The second-order valence-corrected chi connectivity index (χ2v) is 9.66. The zero-order valence-electron chi connectivity index (χ0n) is 18.3. The Balaban J connectivity index is 1.33. The van der Waals surface area contributed by atoms with E-state index >= 15 is 0 Å². The highest BCUT2D eigenvalue weighted by Crippen LogP contribution is 2.42. The SMILES string of the molecule is OC1(c2ccc(Cl)cc2)CCN(CCC2(c3ccccc3)COCc3ccccc32)CC1. The number of nitrogens with zero attached hydrogens (tertiary/aromatic N) is 1. The minimum atomic E-state index is -0.765. The lowest BCUT2D eigenvalue weighted by molar-refractivity contribution is -0.0283. The van der Waals surface area contributed by atoms with Gasteiger partial charge in [0, 0.05) is 23.5 Å². The monoisotopic (exact) mass is 447 g/mol. The highest BCUT2D eigenvalue weighted by atomic mass is 35.5. The molecular weight excluding hydrogens is 418 g/mol. The number of piperidine rings is 1. The van der Waals surface area contributed by atoms with Crippen LogP contribution >= 0.6 is 11.6 Å². The summed E-state index contributed by atoms with van der Waals surface area (Å²) in [5.74, 6) is 0. The van der Waals surface area contributed by atoms with Crippen LogP contribution in [0.2, 0.25) is 5.02 Å². The van der Waals surface area contributed by atoms with Crippen LogP contribution in [0.5, 0.6) is 0 Å². The maximum Gasteiger partial charge on any atom is 0.0920 e. The average Bonchev–Trinajstić information content (AvgIpc) is 2.84. The Bertz CT molecular complexity index is 1040. The number of hydrogen-bond donors (Lipinski definition) is 1. The smallest absolute Gasteiger partial charge is 0.0920 e. The number of rotatable bonds is 5. The van der Waals surface area contributed by atoms with Crippen molar-refractivity contribution < 1.29 is 9.84 Å². The van der Waals surface area contributed by atoms with E-state index in [2.05, 4.69) is 59.5 Å². The van der Waals surface area contributed by atoms with Gasteiger partial charge in [0.05, 0.1) is 18.8 Å². The highest BCUT2D eigenvalue weighted by molar-refractivity contribution is 6.30. The number of ether oxygens (including phenoxy) is 1. The quantitative estimate of drug-likeness (QED) is 0.558. The van der Waals surface area contributed by atoms with E-state index in [9.17, 15) is 5.11 Å². The summed E-state index contributed by atoms with van der Waals surface area (Å²) < 4.78 is 6.14. The predicted molar refractivity (Wildman–Crippen MR) is 129 cm³/mol. The molecule has 166 valence electrons. The second kappa shape index (κ2) is 8.99. The van der Waals surface area contributed by atoms with E-state index in [0.29, 0.717) is 18.2 Å². The van der Waals surface area contributed by atoms with E-state index in [0.717, 1.165) is 44.5 Å². The standard InChI is InChI=1S/C28H30ClNO2/c29-25-12-10-24(11-13-25)28(31)15-18-30(19-16-28)17-14-27(23-7-2-1-3-8-23)21-32-20-22-6-4-5-9-26(22)27/h1-13,31H,14-21H2. The Labute approximate surface area is 195 Å². The molecule has 2 aliphatic heterocycles. The van der Waals surface area contributed by atoms with Gasteiger partial charge in [0.2, 0.25) is 0 Å². The Morgan fingerprint density at radius 2 is 1.53 bits per heavy atom. The lowest BCUT2D eigenvalue weighted by Crippen LogP contribution is -2.46. The van der Waals surface area contributed by atoms with E-state index in [1.54, 1.807) is 0 Å².